The van der Waals surface area contributed by atoms with Gasteiger partial charge in [0.1, 0.15) is 5.75 Å². The van der Waals surface area contributed by atoms with Crippen LogP contribution in [0.2, 0.25) is 0 Å². The molecule has 0 aliphatic heterocycles. The van der Waals surface area contributed by atoms with Gasteiger partial charge in [-0.3, -0.25) is 0 Å². The first-order chi connectivity index (χ1) is 7.56. The van der Waals surface area contributed by atoms with Gasteiger partial charge in [0.2, 0.25) is 0 Å². The van der Waals surface area contributed by atoms with Gasteiger partial charge >= 0.3 is 0 Å². The minimum absolute atomic E-state index is 0.178. The van der Waals surface area contributed by atoms with Crippen molar-refractivity contribution in [2.45, 2.75) is 25.4 Å². The van der Waals surface area contributed by atoms with Gasteiger partial charge in [0, 0.05) is 17.6 Å². The fraction of sp³-hybridized carbons (Fsp3) is 0.538. The molecular formula is C13H22N2O. The van der Waals surface area contributed by atoms with Crippen molar-refractivity contribution in [2.24, 2.45) is 5.73 Å². The molecule has 0 heterocycles. The van der Waals surface area contributed by atoms with Crippen molar-refractivity contribution in [3.05, 3.63) is 29.8 Å². The zero-order chi connectivity index (χ0) is 12.1. The van der Waals surface area contributed by atoms with E-state index in [9.17, 15) is 0 Å². The Morgan fingerprint density at radius 2 is 1.94 bits per heavy atom. The Labute approximate surface area is 98.2 Å². The molecule has 0 bridgehead atoms. The predicted octanol–water partition coefficient (Wildman–Crippen LogP) is 2.04. The second-order valence-corrected chi connectivity index (χ2v) is 4.43. The van der Waals surface area contributed by atoms with Gasteiger partial charge in [-0.2, -0.15) is 0 Å². The van der Waals surface area contributed by atoms with E-state index in [4.69, 9.17) is 10.5 Å². The Hall–Kier alpha value is -1.06. The quantitative estimate of drug-likeness (QED) is 0.828. The van der Waals surface area contributed by atoms with Gasteiger partial charge in [0.05, 0.1) is 7.11 Å². The van der Waals surface area contributed by atoms with Crippen LogP contribution in [0.15, 0.2) is 24.3 Å². The third-order valence-corrected chi connectivity index (χ3v) is 2.72. The highest BCUT2D eigenvalue weighted by molar-refractivity contribution is 5.35. The molecule has 1 aromatic rings. The molecule has 0 aliphatic carbocycles. The second-order valence-electron chi connectivity index (χ2n) is 4.43. The number of nitrogens with two attached hydrogens (primary N) is 1. The van der Waals surface area contributed by atoms with Crippen LogP contribution in [0.25, 0.3) is 0 Å². The van der Waals surface area contributed by atoms with Gasteiger partial charge in [0.25, 0.3) is 0 Å². The number of rotatable bonds is 5. The molecule has 16 heavy (non-hydrogen) atoms. The molecule has 1 aromatic carbocycles. The fourth-order valence-corrected chi connectivity index (χ4v) is 1.91. The maximum atomic E-state index is 5.89. The number of hydrogen-bond acceptors (Lipinski definition) is 3. The van der Waals surface area contributed by atoms with Gasteiger partial charge in [-0.05, 0) is 33.5 Å². The van der Waals surface area contributed by atoms with Crippen LogP contribution in [0, 0.1) is 0 Å². The molecule has 1 rings (SSSR count). The van der Waals surface area contributed by atoms with Crippen molar-refractivity contribution in [1.29, 1.82) is 0 Å². The first-order valence-electron chi connectivity index (χ1n) is 5.61. The summed E-state index contributed by atoms with van der Waals surface area (Å²) < 4.78 is 5.39. The largest absolute Gasteiger partial charge is 0.496 e. The molecule has 2 unspecified atom stereocenters. The number of benzene rings is 1. The van der Waals surface area contributed by atoms with Crippen molar-refractivity contribution in [3.63, 3.8) is 0 Å². The van der Waals surface area contributed by atoms with Crippen molar-refractivity contribution in [3.8, 4) is 5.75 Å². The van der Waals surface area contributed by atoms with E-state index in [2.05, 4.69) is 25.1 Å². The summed E-state index contributed by atoms with van der Waals surface area (Å²) in [5.41, 5.74) is 7.09. The molecule has 0 spiro atoms. The summed E-state index contributed by atoms with van der Waals surface area (Å²) in [5.74, 6) is 0.932. The third-order valence-electron chi connectivity index (χ3n) is 2.72. The Balaban J connectivity index is 3.00. The van der Waals surface area contributed by atoms with E-state index in [1.165, 1.54) is 5.56 Å². The molecule has 0 saturated heterocycles. The number of hydrogen-bond donors (Lipinski definition) is 1. The standard InChI is InChI=1S/C13H22N2O/c1-10(14)9-12(15(2)3)11-7-5-6-8-13(11)16-4/h5-8,10,12H,9,14H2,1-4H3. The SMILES string of the molecule is COc1ccccc1C(CC(C)N)N(C)C. The van der Waals surface area contributed by atoms with E-state index in [0.717, 1.165) is 12.2 Å². The molecule has 0 saturated carbocycles. The van der Waals surface area contributed by atoms with Gasteiger partial charge < -0.3 is 15.4 Å². The van der Waals surface area contributed by atoms with Crippen molar-refractivity contribution < 1.29 is 4.74 Å². The van der Waals surface area contributed by atoms with Crippen molar-refractivity contribution in [1.82, 2.24) is 4.90 Å². The Morgan fingerprint density at radius 1 is 1.31 bits per heavy atom. The average Bonchev–Trinajstić information content (AvgIpc) is 2.25. The van der Waals surface area contributed by atoms with Gasteiger partial charge in [-0.15, -0.1) is 0 Å². The third kappa shape index (κ3) is 3.22. The van der Waals surface area contributed by atoms with Crippen LogP contribution in [-0.4, -0.2) is 32.1 Å². The summed E-state index contributed by atoms with van der Waals surface area (Å²) in [5, 5.41) is 0. The molecule has 3 nitrogen and oxygen atoms in total. The molecule has 0 aliphatic rings. The Kier molecular flexibility index (Phi) is 4.77. The number of nitrogens with zero attached hydrogens (tertiary/aromatic N) is 1. The Morgan fingerprint density at radius 3 is 2.44 bits per heavy atom. The summed E-state index contributed by atoms with van der Waals surface area (Å²) in [7, 11) is 5.84. The summed E-state index contributed by atoms with van der Waals surface area (Å²) in [4.78, 5) is 2.18. The van der Waals surface area contributed by atoms with E-state index in [1.807, 2.05) is 25.1 Å². The number of ether oxygens (including phenoxy) is 1. The zero-order valence-electron chi connectivity index (χ0n) is 10.6. The lowest BCUT2D eigenvalue weighted by molar-refractivity contribution is 0.264. The second kappa shape index (κ2) is 5.87. The lowest BCUT2D eigenvalue weighted by atomic mass is 9.98. The average molecular weight is 222 g/mol. The minimum Gasteiger partial charge on any atom is -0.496 e. The van der Waals surface area contributed by atoms with Crippen LogP contribution in [0.4, 0.5) is 0 Å². The fourth-order valence-electron chi connectivity index (χ4n) is 1.91. The zero-order valence-corrected chi connectivity index (χ0v) is 10.6. The molecular weight excluding hydrogens is 200 g/mol. The van der Waals surface area contributed by atoms with Crippen LogP contribution in [0.1, 0.15) is 24.9 Å². The summed E-state index contributed by atoms with van der Waals surface area (Å²) in [6, 6.07) is 8.60. The van der Waals surface area contributed by atoms with Gasteiger partial charge in [0.15, 0.2) is 0 Å². The molecule has 2 atom stereocenters. The van der Waals surface area contributed by atoms with E-state index in [-0.39, 0.29) is 6.04 Å². The molecule has 0 amide bonds. The minimum atomic E-state index is 0.178. The maximum Gasteiger partial charge on any atom is 0.123 e. The first kappa shape index (κ1) is 13.0. The number of methoxy groups -OCH3 is 1. The maximum absolute atomic E-state index is 5.89. The highest BCUT2D eigenvalue weighted by Crippen LogP contribution is 2.30. The van der Waals surface area contributed by atoms with Crippen LogP contribution in [0.5, 0.6) is 5.75 Å². The van der Waals surface area contributed by atoms with Crippen molar-refractivity contribution in [2.75, 3.05) is 21.2 Å². The molecule has 2 N–H and O–H groups in total. The molecule has 0 fully saturated rings. The van der Waals surface area contributed by atoms with Crippen LogP contribution in [0.3, 0.4) is 0 Å². The van der Waals surface area contributed by atoms with Crippen LogP contribution in [-0.2, 0) is 0 Å². The van der Waals surface area contributed by atoms with E-state index < -0.39 is 0 Å². The summed E-state index contributed by atoms with van der Waals surface area (Å²) in [6.45, 7) is 2.03. The lowest BCUT2D eigenvalue weighted by Crippen LogP contribution is -2.27. The van der Waals surface area contributed by atoms with E-state index in [1.54, 1.807) is 7.11 Å². The van der Waals surface area contributed by atoms with Crippen LogP contribution >= 0.6 is 0 Å². The normalized spacial score (nSPS) is 14.9. The summed E-state index contributed by atoms with van der Waals surface area (Å²) >= 11 is 0. The lowest BCUT2D eigenvalue weighted by Gasteiger charge is -2.27. The molecule has 0 aromatic heterocycles. The number of para-hydroxylation sites is 1. The highest BCUT2D eigenvalue weighted by Gasteiger charge is 2.19. The van der Waals surface area contributed by atoms with Gasteiger partial charge in [-0.1, -0.05) is 18.2 Å². The van der Waals surface area contributed by atoms with E-state index in [0.29, 0.717) is 6.04 Å². The molecule has 0 radical (unpaired) electrons. The molecule has 90 valence electrons. The monoisotopic (exact) mass is 222 g/mol. The highest BCUT2D eigenvalue weighted by atomic mass is 16.5. The van der Waals surface area contributed by atoms with Gasteiger partial charge in [-0.25, -0.2) is 0 Å². The first-order valence-corrected chi connectivity index (χ1v) is 5.61. The van der Waals surface area contributed by atoms with Crippen molar-refractivity contribution >= 4 is 0 Å². The summed E-state index contributed by atoms with van der Waals surface area (Å²) in [6.07, 6.45) is 0.924. The Bertz CT molecular complexity index is 323. The predicted molar refractivity (Wildman–Crippen MR) is 67.7 cm³/mol. The van der Waals surface area contributed by atoms with E-state index >= 15 is 0 Å². The molecule has 3 heteroatoms. The topological polar surface area (TPSA) is 38.5 Å². The smallest absolute Gasteiger partial charge is 0.123 e. The van der Waals surface area contributed by atoms with Crippen LogP contribution < -0.4 is 10.5 Å².